The Labute approximate surface area is 198 Å². The number of unbranched alkanes of at least 4 members (excludes halogenated alkanes) is 3. The van der Waals surface area contributed by atoms with Gasteiger partial charge in [0.15, 0.2) is 0 Å². The van der Waals surface area contributed by atoms with Gasteiger partial charge in [0, 0.05) is 19.5 Å². The summed E-state index contributed by atoms with van der Waals surface area (Å²) in [4.78, 5) is 11.4. The van der Waals surface area contributed by atoms with Crippen LogP contribution in [-0.2, 0) is 32.5 Å². The van der Waals surface area contributed by atoms with Crippen LogP contribution in [0.5, 0.6) is 0 Å². The SMILES string of the molecule is CCOC(=O)CCCCCCN(Cc1ccc(C(O)CCc2ccccc2)cc1)S(C)(=O)=O. The van der Waals surface area contributed by atoms with E-state index in [-0.39, 0.29) is 5.97 Å². The molecule has 1 N–H and O–H groups in total. The smallest absolute Gasteiger partial charge is 0.305 e. The van der Waals surface area contributed by atoms with Crippen molar-refractivity contribution in [1.82, 2.24) is 4.31 Å². The van der Waals surface area contributed by atoms with E-state index in [0.29, 0.717) is 32.5 Å². The number of carbonyl (C=O) groups excluding carboxylic acids is 1. The summed E-state index contributed by atoms with van der Waals surface area (Å²) in [5.41, 5.74) is 2.92. The maximum atomic E-state index is 12.2. The van der Waals surface area contributed by atoms with Crippen LogP contribution in [-0.4, -0.2) is 43.2 Å². The van der Waals surface area contributed by atoms with Crippen molar-refractivity contribution in [1.29, 1.82) is 0 Å². The second-order valence-corrected chi connectivity index (χ2v) is 10.3. The zero-order valence-corrected chi connectivity index (χ0v) is 20.6. The average molecular weight is 476 g/mol. The van der Waals surface area contributed by atoms with Crippen LogP contribution in [0, 0.1) is 0 Å². The van der Waals surface area contributed by atoms with E-state index >= 15 is 0 Å². The molecule has 2 aromatic rings. The molecule has 1 unspecified atom stereocenters. The minimum Gasteiger partial charge on any atom is -0.466 e. The lowest BCUT2D eigenvalue weighted by Gasteiger charge is -2.20. The van der Waals surface area contributed by atoms with Gasteiger partial charge in [-0.3, -0.25) is 4.79 Å². The number of esters is 1. The fourth-order valence-electron chi connectivity index (χ4n) is 3.67. The number of hydrogen-bond acceptors (Lipinski definition) is 5. The minimum absolute atomic E-state index is 0.177. The molecular formula is C26H37NO5S. The molecule has 0 aromatic heterocycles. The molecule has 0 saturated heterocycles. The van der Waals surface area contributed by atoms with Crippen molar-refractivity contribution in [2.75, 3.05) is 19.4 Å². The molecule has 0 heterocycles. The van der Waals surface area contributed by atoms with Gasteiger partial charge in [-0.25, -0.2) is 8.42 Å². The molecule has 0 aliphatic rings. The highest BCUT2D eigenvalue weighted by molar-refractivity contribution is 7.88. The molecule has 0 aliphatic carbocycles. The zero-order valence-electron chi connectivity index (χ0n) is 19.8. The van der Waals surface area contributed by atoms with Crippen molar-refractivity contribution >= 4 is 16.0 Å². The van der Waals surface area contributed by atoms with Gasteiger partial charge in [0.2, 0.25) is 10.0 Å². The molecule has 0 spiro atoms. The first kappa shape index (κ1) is 27.0. The van der Waals surface area contributed by atoms with E-state index in [0.717, 1.165) is 43.2 Å². The van der Waals surface area contributed by atoms with Crippen molar-refractivity contribution in [3.8, 4) is 0 Å². The van der Waals surface area contributed by atoms with Crippen molar-refractivity contribution in [2.45, 2.75) is 64.5 Å². The van der Waals surface area contributed by atoms with E-state index in [1.54, 1.807) is 6.92 Å². The molecule has 0 bridgehead atoms. The Hall–Kier alpha value is -2.22. The monoisotopic (exact) mass is 475 g/mol. The molecule has 0 saturated carbocycles. The van der Waals surface area contributed by atoms with Gasteiger partial charge >= 0.3 is 5.97 Å². The fraction of sp³-hybridized carbons (Fsp3) is 0.500. The Balaban J connectivity index is 1.80. The number of benzene rings is 2. The summed E-state index contributed by atoms with van der Waals surface area (Å²) in [7, 11) is -3.33. The quantitative estimate of drug-likeness (QED) is 0.300. The van der Waals surface area contributed by atoms with Crippen LogP contribution in [0.25, 0.3) is 0 Å². The van der Waals surface area contributed by atoms with E-state index < -0.39 is 16.1 Å². The van der Waals surface area contributed by atoms with Gasteiger partial charge in [-0.1, -0.05) is 67.4 Å². The number of hydrogen-bond donors (Lipinski definition) is 1. The summed E-state index contributed by atoms with van der Waals surface area (Å²) in [6, 6.07) is 17.6. The Morgan fingerprint density at radius 2 is 1.64 bits per heavy atom. The van der Waals surface area contributed by atoms with E-state index in [1.165, 1.54) is 16.1 Å². The standard InChI is InChI=1S/C26H37NO5S/c1-3-32-26(29)13-9-4-5-10-20-27(33(2,30)31)21-23-14-17-24(18-15-23)25(28)19-16-22-11-7-6-8-12-22/h6-8,11-12,14-15,17-18,25,28H,3-5,9-10,13,16,19-21H2,1-2H3. The molecule has 2 rings (SSSR count). The molecule has 2 aromatic carbocycles. The van der Waals surface area contributed by atoms with Gasteiger partial charge in [0.1, 0.15) is 0 Å². The Kier molecular flexibility index (Phi) is 11.6. The van der Waals surface area contributed by atoms with Crippen LogP contribution in [0.3, 0.4) is 0 Å². The Bertz CT molecular complexity index is 929. The lowest BCUT2D eigenvalue weighted by Crippen LogP contribution is -2.30. The number of nitrogens with zero attached hydrogens (tertiary/aromatic N) is 1. The zero-order chi connectivity index (χ0) is 24.1. The summed E-state index contributed by atoms with van der Waals surface area (Å²) in [5.74, 6) is -0.177. The summed E-state index contributed by atoms with van der Waals surface area (Å²) >= 11 is 0. The average Bonchev–Trinajstić information content (AvgIpc) is 2.79. The Morgan fingerprint density at radius 3 is 2.27 bits per heavy atom. The van der Waals surface area contributed by atoms with Crippen LogP contribution >= 0.6 is 0 Å². The van der Waals surface area contributed by atoms with E-state index in [2.05, 4.69) is 12.1 Å². The third-order valence-corrected chi connectivity index (χ3v) is 6.84. The molecule has 0 fully saturated rings. The van der Waals surface area contributed by atoms with Gasteiger partial charge in [0.25, 0.3) is 0 Å². The summed E-state index contributed by atoms with van der Waals surface area (Å²) in [5, 5.41) is 10.5. The molecule has 1 atom stereocenters. The number of carbonyl (C=O) groups is 1. The van der Waals surface area contributed by atoms with Crippen LogP contribution in [0.1, 0.15) is 68.2 Å². The molecule has 6 nitrogen and oxygen atoms in total. The van der Waals surface area contributed by atoms with E-state index in [9.17, 15) is 18.3 Å². The molecule has 0 radical (unpaired) electrons. The first-order valence-electron chi connectivity index (χ1n) is 11.7. The summed E-state index contributed by atoms with van der Waals surface area (Å²) in [6.07, 6.45) is 5.74. The van der Waals surface area contributed by atoms with E-state index in [4.69, 9.17) is 4.74 Å². The molecule has 7 heteroatoms. The predicted octanol–water partition coefficient (Wildman–Crippen LogP) is 4.63. The van der Waals surface area contributed by atoms with Crippen LogP contribution in [0.2, 0.25) is 0 Å². The van der Waals surface area contributed by atoms with Crippen LogP contribution in [0.15, 0.2) is 54.6 Å². The number of rotatable bonds is 15. The second-order valence-electron chi connectivity index (χ2n) is 8.35. The van der Waals surface area contributed by atoms with E-state index in [1.807, 2.05) is 42.5 Å². The maximum Gasteiger partial charge on any atom is 0.305 e. The molecule has 0 amide bonds. The van der Waals surface area contributed by atoms with Gasteiger partial charge in [-0.2, -0.15) is 4.31 Å². The summed E-state index contributed by atoms with van der Waals surface area (Å²) in [6.45, 7) is 2.94. The Morgan fingerprint density at radius 1 is 0.970 bits per heavy atom. The summed E-state index contributed by atoms with van der Waals surface area (Å²) < 4.78 is 30.9. The number of ether oxygens (including phenoxy) is 1. The minimum atomic E-state index is -3.33. The number of aliphatic hydroxyl groups excluding tert-OH is 1. The lowest BCUT2D eigenvalue weighted by molar-refractivity contribution is -0.143. The largest absolute Gasteiger partial charge is 0.466 e. The highest BCUT2D eigenvalue weighted by Gasteiger charge is 2.17. The maximum absolute atomic E-state index is 12.2. The van der Waals surface area contributed by atoms with Gasteiger partial charge in [-0.05, 0) is 49.3 Å². The molecule has 0 aliphatic heterocycles. The van der Waals surface area contributed by atoms with Gasteiger partial charge in [0.05, 0.1) is 19.0 Å². The van der Waals surface area contributed by atoms with Gasteiger partial charge < -0.3 is 9.84 Å². The van der Waals surface area contributed by atoms with Crippen LogP contribution < -0.4 is 0 Å². The molecule has 182 valence electrons. The highest BCUT2D eigenvalue weighted by atomic mass is 32.2. The molecule has 33 heavy (non-hydrogen) atoms. The first-order chi connectivity index (χ1) is 15.8. The predicted molar refractivity (Wildman–Crippen MR) is 131 cm³/mol. The first-order valence-corrected chi connectivity index (χ1v) is 13.6. The van der Waals surface area contributed by atoms with Crippen molar-refractivity contribution in [2.24, 2.45) is 0 Å². The second kappa shape index (κ2) is 14.1. The molecular weight excluding hydrogens is 438 g/mol. The third kappa shape index (κ3) is 10.5. The van der Waals surface area contributed by atoms with Gasteiger partial charge in [-0.15, -0.1) is 0 Å². The highest BCUT2D eigenvalue weighted by Crippen LogP contribution is 2.21. The number of sulfonamides is 1. The topological polar surface area (TPSA) is 83.9 Å². The van der Waals surface area contributed by atoms with Crippen LogP contribution in [0.4, 0.5) is 0 Å². The normalized spacial score (nSPS) is 12.6. The lowest BCUT2D eigenvalue weighted by atomic mass is 10.0. The number of aliphatic hydroxyl groups is 1. The van der Waals surface area contributed by atoms with Crippen molar-refractivity contribution in [3.05, 3.63) is 71.3 Å². The van der Waals surface area contributed by atoms with Crippen molar-refractivity contribution < 1.29 is 23.1 Å². The van der Waals surface area contributed by atoms with Crippen molar-refractivity contribution in [3.63, 3.8) is 0 Å². The number of aryl methyl sites for hydroxylation is 1. The third-order valence-electron chi connectivity index (χ3n) is 5.59. The fourth-order valence-corrected chi connectivity index (χ4v) is 4.51.